The van der Waals surface area contributed by atoms with Gasteiger partial charge in [0.2, 0.25) is 5.91 Å². The zero-order chi connectivity index (χ0) is 23.6. The van der Waals surface area contributed by atoms with Crippen LogP contribution in [-0.2, 0) is 27.6 Å². The third kappa shape index (κ3) is 3.68. The lowest BCUT2D eigenvalue weighted by molar-refractivity contribution is -0.129. The summed E-state index contributed by atoms with van der Waals surface area (Å²) in [6.45, 7) is 12.6. The fourth-order valence-electron chi connectivity index (χ4n) is 5.97. The number of imide groups is 1. The average Bonchev–Trinajstić information content (AvgIpc) is 3.56. The van der Waals surface area contributed by atoms with Crippen molar-refractivity contribution in [3.05, 3.63) is 69.8 Å². The lowest BCUT2D eigenvalue weighted by atomic mass is 9.62. The highest BCUT2D eigenvalue weighted by Crippen LogP contribution is 2.56. The molecule has 1 saturated heterocycles. The Labute approximate surface area is 197 Å². The number of hydrogen-bond acceptors (Lipinski definition) is 2. The number of benzene rings is 2. The molecular formula is C29H36N2O2. The number of carbonyl (C=O) groups is 2. The van der Waals surface area contributed by atoms with Crippen LogP contribution in [-0.4, -0.2) is 23.4 Å². The van der Waals surface area contributed by atoms with E-state index in [2.05, 4.69) is 76.3 Å². The monoisotopic (exact) mass is 444 g/mol. The van der Waals surface area contributed by atoms with Gasteiger partial charge in [0.1, 0.15) is 0 Å². The van der Waals surface area contributed by atoms with Gasteiger partial charge in [-0.05, 0) is 76.8 Å². The molecule has 4 heteroatoms. The molecule has 1 saturated carbocycles. The molecule has 5 rings (SSSR count). The van der Waals surface area contributed by atoms with Crippen LogP contribution in [0.3, 0.4) is 0 Å². The van der Waals surface area contributed by atoms with Crippen LogP contribution in [0.2, 0.25) is 0 Å². The van der Waals surface area contributed by atoms with Crippen molar-refractivity contribution < 1.29 is 9.59 Å². The Morgan fingerprint density at radius 1 is 0.848 bits per heavy atom. The normalized spacial score (nSPS) is 22.5. The SMILES string of the molecule is Cc1cc2c(cc1C1(c3ccc(CN4C(=O)CCNC4=O)cc3)CC1)C(C)(C)CCC2(C)C. The second kappa shape index (κ2) is 7.44. The van der Waals surface area contributed by atoms with E-state index >= 15 is 0 Å². The van der Waals surface area contributed by atoms with Crippen molar-refractivity contribution in [3.63, 3.8) is 0 Å². The number of urea groups is 1. The van der Waals surface area contributed by atoms with Crippen molar-refractivity contribution >= 4 is 11.9 Å². The first-order chi connectivity index (χ1) is 15.5. The Morgan fingerprint density at radius 2 is 1.45 bits per heavy atom. The molecule has 33 heavy (non-hydrogen) atoms. The third-order valence-electron chi connectivity index (χ3n) is 8.47. The zero-order valence-corrected chi connectivity index (χ0v) is 20.7. The first-order valence-electron chi connectivity index (χ1n) is 12.4. The number of nitrogens with zero attached hydrogens (tertiary/aromatic N) is 1. The van der Waals surface area contributed by atoms with Gasteiger partial charge in [0, 0.05) is 18.4 Å². The summed E-state index contributed by atoms with van der Waals surface area (Å²) < 4.78 is 0. The highest BCUT2D eigenvalue weighted by molar-refractivity contribution is 5.96. The molecule has 2 aromatic carbocycles. The molecule has 0 bridgehead atoms. The maximum Gasteiger partial charge on any atom is 0.324 e. The van der Waals surface area contributed by atoms with E-state index in [4.69, 9.17) is 0 Å². The first kappa shape index (κ1) is 22.2. The van der Waals surface area contributed by atoms with Gasteiger partial charge in [-0.25, -0.2) is 4.79 Å². The van der Waals surface area contributed by atoms with Crippen molar-refractivity contribution in [1.82, 2.24) is 10.2 Å². The van der Waals surface area contributed by atoms with Gasteiger partial charge >= 0.3 is 6.03 Å². The molecule has 1 N–H and O–H groups in total. The standard InChI is InChI=1S/C29H36N2O2/c1-19-16-23-24(28(4,5)12-11-27(23,2)3)17-22(19)29(13-14-29)21-8-6-20(7-9-21)18-31-25(32)10-15-30-26(31)33/h6-9,16-17H,10-15,18H2,1-5H3,(H,30,33). The van der Waals surface area contributed by atoms with Gasteiger partial charge in [0.25, 0.3) is 0 Å². The Balaban J connectivity index is 1.46. The van der Waals surface area contributed by atoms with Crippen molar-refractivity contribution in [2.75, 3.05) is 6.54 Å². The van der Waals surface area contributed by atoms with Crippen LogP contribution in [0.15, 0.2) is 36.4 Å². The molecular weight excluding hydrogens is 408 g/mol. The van der Waals surface area contributed by atoms with Crippen molar-refractivity contribution in [1.29, 1.82) is 0 Å². The summed E-state index contributed by atoms with van der Waals surface area (Å²) in [5.74, 6) is -0.100. The fraction of sp³-hybridized carbons (Fsp3) is 0.517. The van der Waals surface area contributed by atoms with E-state index in [1.54, 1.807) is 0 Å². The van der Waals surface area contributed by atoms with Crippen LogP contribution < -0.4 is 5.32 Å². The van der Waals surface area contributed by atoms with E-state index in [0.29, 0.717) is 19.5 Å². The van der Waals surface area contributed by atoms with E-state index in [1.807, 2.05) is 0 Å². The van der Waals surface area contributed by atoms with Gasteiger partial charge in [-0.15, -0.1) is 0 Å². The molecule has 0 spiro atoms. The van der Waals surface area contributed by atoms with Gasteiger partial charge in [-0.1, -0.05) is 64.1 Å². The topological polar surface area (TPSA) is 49.4 Å². The summed E-state index contributed by atoms with van der Waals surface area (Å²) in [5, 5.41) is 2.76. The molecule has 3 aliphatic rings. The molecule has 0 unspecified atom stereocenters. The summed E-state index contributed by atoms with van der Waals surface area (Å²) in [4.78, 5) is 25.5. The molecule has 0 atom stereocenters. The summed E-state index contributed by atoms with van der Waals surface area (Å²) in [6, 6.07) is 13.3. The molecule has 2 fully saturated rings. The summed E-state index contributed by atoms with van der Waals surface area (Å²) >= 11 is 0. The van der Waals surface area contributed by atoms with Gasteiger partial charge in [-0.3, -0.25) is 9.69 Å². The van der Waals surface area contributed by atoms with Crippen molar-refractivity contribution in [3.8, 4) is 0 Å². The van der Waals surface area contributed by atoms with E-state index in [-0.39, 0.29) is 28.2 Å². The van der Waals surface area contributed by atoms with E-state index in [1.165, 1.54) is 58.4 Å². The molecule has 1 aliphatic heterocycles. The Kier molecular flexibility index (Phi) is 5.00. The number of carbonyl (C=O) groups excluding carboxylic acids is 2. The van der Waals surface area contributed by atoms with Crippen LogP contribution in [0.25, 0.3) is 0 Å². The maximum atomic E-state index is 12.1. The van der Waals surface area contributed by atoms with E-state index < -0.39 is 0 Å². The minimum Gasteiger partial charge on any atom is -0.337 e. The first-order valence-corrected chi connectivity index (χ1v) is 12.4. The smallest absolute Gasteiger partial charge is 0.324 e. The van der Waals surface area contributed by atoms with Crippen molar-refractivity contribution in [2.24, 2.45) is 0 Å². The molecule has 0 radical (unpaired) electrons. The lowest BCUT2D eigenvalue weighted by Gasteiger charge is -2.43. The Bertz CT molecular complexity index is 1110. The minimum atomic E-state index is -0.288. The number of amides is 3. The molecule has 4 nitrogen and oxygen atoms in total. The van der Waals surface area contributed by atoms with E-state index in [0.717, 1.165) is 5.56 Å². The fourth-order valence-corrected chi connectivity index (χ4v) is 5.97. The number of aryl methyl sites for hydroxylation is 1. The van der Waals surface area contributed by atoms with Crippen LogP contribution in [0.5, 0.6) is 0 Å². The molecule has 174 valence electrons. The quantitative estimate of drug-likeness (QED) is 0.641. The van der Waals surface area contributed by atoms with Crippen molar-refractivity contribution in [2.45, 2.75) is 89.5 Å². The largest absolute Gasteiger partial charge is 0.337 e. The maximum absolute atomic E-state index is 12.1. The summed E-state index contributed by atoms with van der Waals surface area (Å²) in [6.07, 6.45) is 5.17. The second-order valence-corrected chi connectivity index (χ2v) is 11.7. The molecule has 2 aliphatic carbocycles. The number of fused-ring (bicyclic) bond motifs is 1. The molecule has 1 heterocycles. The van der Waals surface area contributed by atoms with Gasteiger partial charge in [-0.2, -0.15) is 0 Å². The highest BCUT2D eigenvalue weighted by atomic mass is 16.2. The minimum absolute atomic E-state index is 0.0909. The Morgan fingerprint density at radius 3 is 2.03 bits per heavy atom. The van der Waals surface area contributed by atoms with Gasteiger partial charge in [0.15, 0.2) is 0 Å². The highest BCUT2D eigenvalue weighted by Gasteiger charge is 2.48. The number of hydrogen-bond donors (Lipinski definition) is 1. The number of rotatable bonds is 4. The van der Waals surface area contributed by atoms with Crippen LogP contribution in [0.1, 0.15) is 93.2 Å². The molecule has 0 aromatic heterocycles. The summed E-state index contributed by atoms with van der Waals surface area (Å²) in [5.41, 5.74) is 8.78. The zero-order valence-electron chi connectivity index (χ0n) is 20.7. The van der Waals surface area contributed by atoms with Crippen LogP contribution in [0, 0.1) is 6.92 Å². The van der Waals surface area contributed by atoms with E-state index in [9.17, 15) is 9.59 Å². The average molecular weight is 445 g/mol. The predicted octanol–water partition coefficient (Wildman–Crippen LogP) is 5.87. The van der Waals surface area contributed by atoms with Gasteiger partial charge in [0.05, 0.1) is 6.54 Å². The summed E-state index contributed by atoms with van der Waals surface area (Å²) in [7, 11) is 0. The third-order valence-corrected chi connectivity index (χ3v) is 8.47. The van der Waals surface area contributed by atoms with Gasteiger partial charge < -0.3 is 5.32 Å². The van der Waals surface area contributed by atoms with Crippen LogP contribution >= 0.6 is 0 Å². The van der Waals surface area contributed by atoms with Crippen LogP contribution in [0.4, 0.5) is 4.79 Å². The predicted molar refractivity (Wildman–Crippen MR) is 131 cm³/mol. The Hall–Kier alpha value is -2.62. The second-order valence-electron chi connectivity index (χ2n) is 11.7. The molecule has 3 amide bonds. The number of nitrogens with one attached hydrogen (secondary N) is 1. The lowest BCUT2D eigenvalue weighted by Crippen LogP contribution is -2.49. The molecule has 2 aromatic rings.